The van der Waals surface area contributed by atoms with Gasteiger partial charge in [-0.1, -0.05) is 0 Å². The molecule has 6 nitrogen and oxygen atoms in total. The molecular formula is C17H33IN4O2. The van der Waals surface area contributed by atoms with Gasteiger partial charge in [0.15, 0.2) is 5.96 Å². The number of halogens is 1. The molecule has 0 atom stereocenters. The van der Waals surface area contributed by atoms with Crippen LogP contribution in [0.3, 0.4) is 0 Å². The number of piperidine rings is 2. The predicted molar refractivity (Wildman–Crippen MR) is 108 cm³/mol. The molecule has 1 amide bonds. The fourth-order valence-electron chi connectivity index (χ4n) is 3.07. The largest absolute Gasteiger partial charge is 0.444 e. The molecule has 2 fully saturated rings. The highest BCUT2D eigenvalue weighted by atomic mass is 127. The zero-order valence-electron chi connectivity index (χ0n) is 15.3. The second kappa shape index (κ2) is 9.68. The first kappa shape index (κ1) is 21.3. The molecule has 2 aliphatic heterocycles. The van der Waals surface area contributed by atoms with Crippen molar-refractivity contribution < 1.29 is 9.53 Å². The van der Waals surface area contributed by atoms with E-state index in [0.717, 1.165) is 45.6 Å². The summed E-state index contributed by atoms with van der Waals surface area (Å²) >= 11 is 0. The lowest BCUT2D eigenvalue weighted by molar-refractivity contribution is 0.0187. The van der Waals surface area contributed by atoms with Crippen molar-refractivity contribution in [1.82, 2.24) is 9.80 Å². The minimum Gasteiger partial charge on any atom is -0.444 e. The van der Waals surface area contributed by atoms with Crippen LogP contribution in [0.5, 0.6) is 0 Å². The van der Waals surface area contributed by atoms with Gasteiger partial charge >= 0.3 is 6.09 Å². The Kier molecular flexibility index (Phi) is 8.59. The first-order valence-corrected chi connectivity index (χ1v) is 8.88. The maximum absolute atomic E-state index is 12.0. The topological polar surface area (TPSA) is 71.2 Å². The van der Waals surface area contributed by atoms with Crippen LogP contribution >= 0.6 is 24.0 Å². The van der Waals surface area contributed by atoms with E-state index >= 15 is 0 Å². The average Bonchev–Trinajstić information content (AvgIpc) is 2.52. The highest BCUT2D eigenvalue weighted by Gasteiger charge is 2.26. The lowest BCUT2D eigenvalue weighted by atomic mass is 9.97. The Labute approximate surface area is 163 Å². The predicted octanol–water partition coefficient (Wildman–Crippen LogP) is 3.05. The Morgan fingerprint density at radius 3 is 2.21 bits per heavy atom. The second-order valence-electron chi connectivity index (χ2n) is 7.66. The summed E-state index contributed by atoms with van der Waals surface area (Å²) in [7, 11) is 0. The van der Waals surface area contributed by atoms with Gasteiger partial charge in [0.1, 0.15) is 5.60 Å². The van der Waals surface area contributed by atoms with Crippen molar-refractivity contribution in [2.45, 2.75) is 58.5 Å². The molecule has 2 rings (SSSR count). The molecule has 2 N–H and O–H groups in total. The van der Waals surface area contributed by atoms with Gasteiger partial charge in [-0.25, -0.2) is 4.79 Å². The van der Waals surface area contributed by atoms with Crippen LogP contribution in [0.2, 0.25) is 0 Å². The van der Waals surface area contributed by atoms with Gasteiger partial charge in [0.25, 0.3) is 0 Å². The van der Waals surface area contributed by atoms with E-state index in [-0.39, 0.29) is 30.1 Å². The summed E-state index contributed by atoms with van der Waals surface area (Å²) < 4.78 is 5.42. The molecule has 0 aromatic carbocycles. The van der Waals surface area contributed by atoms with E-state index in [9.17, 15) is 4.79 Å². The average molecular weight is 452 g/mol. The number of carbonyl (C=O) groups excluding carboxylic acids is 1. The van der Waals surface area contributed by atoms with Crippen LogP contribution in [0.1, 0.15) is 52.9 Å². The number of amides is 1. The minimum atomic E-state index is -0.429. The summed E-state index contributed by atoms with van der Waals surface area (Å²) in [4.78, 5) is 20.6. The van der Waals surface area contributed by atoms with Crippen LogP contribution < -0.4 is 5.73 Å². The zero-order valence-corrected chi connectivity index (χ0v) is 17.6. The van der Waals surface area contributed by atoms with Gasteiger partial charge < -0.3 is 20.3 Å². The molecule has 2 saturated heterocycles. The van der Waals surface area contributed by atoms with Gasteiger partial charge in [0.05, 0.1) is 0 Å². The van der Waals surface area contributed by atoms with Crippen LogP contribution in [-0.4, -0.2) is 60.2 Å². The number of ether oxygens (including phenoxy) is 1. The van der Waals surface area contributed by atoms with Crippen LogP contribution in [0.25, 0.3) is 0 Å². The molecule has 0 aromatic rings. The fraction of sp³-hybridized carbons (Fsp3) is 0.882. The molecule has 0 radical (unpaired) electrons. The number of hydrogen-bond donors (Lipinski definition) is 1. The normalized spacial score (nSPS) is 20.5. The van der Waals surface area contributed by atoms with Gasteiger partial charge in [0, 0.05) is 32.7 Å². The van der Waals surface area contributed by atoms with Gasteiger partial charge in [0.2, 0.25) is 0 Å². The Morgan fingerprint density at radius 2 is 1.67 bits per heavy atom. The molecule has 24 heavy (non-hydrogen) atoms. The number of aliphatic imine (C=N–C) groups is 1. The SMILES string of the molecule is CC(C)(C)OC(=O)N1CCC(CN=C(N)N2CCCCC2)CC1.I. The van der Waals surface area contributed by atoms with E-state index in [1.54, 1.807) is 4.90 Å². The van der Waals surface area contributed by atoms with Gasteiger partial charge in [-0.05, 0) is 58.8 Å². The quantitative estimate of drug-likeness (QED) is 0.397. The Bertz CT molecular complexity index is 423. The van der Waals surface area contributed by atoms with Crippen LogP contribution in [0.4, 0.5) is 4.79 Å². The lowest BCUT2D eigenvalue weighted by Crippen LogP contribution is -2.43. The van der Waals surface area contributed by atoms with Crippen molar-refractivity contribution in [3.63, 3.8) is 0 Å². The number of rotatable bonds is 2. The van der Waals surface area contributed by atoms with E-state index in [2.05, 4.69) is 9.89 Å². The van der Waals surface area contributed by atoms with E-state index in [4.69, 9.17) is 10.5 Å². The van der Waals surface area contributed by atoms with E-state index < -0.39 is 5.60 Å². The van der Waals surface area contributed by atoms with Gasteiger partial charge in [-0.2, -0.15) is 0 Å². The summed E-state index contributed by atoms with van der Waals surface area (Å²) in [5, 5.41) is 0. The van der Waals surface area contributed by atoms with Crippen molar-refractivity contribution in [3.05, 3.63) is 0 Å². The molecule has 2 heterocycles. The van der Waals surface area contributed by atoms with Crippen molar-refractivity contribution >= 4 is 36.0 Å². The first-order chi connectivity index (χ1) is 10.8. The summed E-state index contributed by atoms with van der Waals surface area (Å²) in [5.41, 5.74) is 5.67. The number of likely N-dealkylation sites (tertiary alicyclic amines) is 2. The molecular weight excluding hydrogens is 419 g/mol. The summed E-state index contributed by atoms with van der Waals surface area (Å²) in [6, 6.07) is 0. The minimum absolute atomic E-state index is 0. The molecule has 0 spiro atoms. The molecule has 0 aliphatic carbocycles. The third kappa shape index (κ3) is 7.03. The zero-order chi connectivity index (χ0) is 16.9. The molecule has 0 unspecified atom stereocenters. The highest BCUT2D eigenvalue weighted by molar-refractivity contribution is 14.0. The second-order valence-corrected chi connectivity index (χ2v) is 7.66. The maximum atomic E-state index is 12.0. The van der Waals surface area contributed by atoms with Crippen LogP contribution in [0.15, 0.2) is 4.99 Å². The monoisotopic (exact) mass is 452 g/mol. The molecule has 0 bridgehead atoms. The molecule has 2 aliphatic rings. The summed E-state index contributed by atoms with van der Waals surface area (Å²) in [6.45, 7) is 10.0. The number of guanidine groups is 1. The third-order valence-electron chi connectivity index (χ3n) is 4.46. The summed E-state index contributed by atoms with van der Waals surface area (Å²) in [6.07, 6.45) is 5.46. The Hall–Kier alpha value is -0.730. The number of nitrogens with two attached hydrogens (primary N) is 1. The van der Waals surface area contributed by atoms with Gasteiger partial charge in [-0.15, -0.1) is 24.0 Å². The summed E-state index contributed by atoms with van der Waals surface area (Å²) in [5.74, 6) is 1.20. The van der Waals surface area contributed by atoms with Crippen LogP contribution in [0, 0.1) is 5.92 Å². The van der Waals surface area contributed by atoms with Crippen molar-refractivity contribution in [2.24, 2.45) is 16.6 Å². The molecule has 0 saturated carbocycles. The number of nitrogens with zero attached hydrogens (tertiary/aromatic N) is 3. The van der Waals surface area contributed by atoms with Gasteiger partial charge in [-0.3, -0.25) is 4.99 Å². The first-order valence-electron chi connectivity index (χ1n) is 8.88. The third-order valence-corrected chi connectivity index (χ3v) is 4.46. The smallest absolute Gasteiger partial charge is 0.410 e. The van der Waals surface area contributed by atoms with Crippen molar-refractivity contribution in [3.8, 4) is 0 Å². The molecule has 140 valence electrons. The fourth-order valence-corrected chi connectivity index (χ4v) is 3.07. The van der Waals surface area contributed by atoms with Crippen LogP contribution in [-0.2, 0) is 4.74 Å². The maximum Gasteiger partial charge on any atom is 0.410 e. The van der Waals surface area contributed by atoms with E-state index in [1.807, 2.05) is 20.8 Å². The standard InChI is InChI=1S/C17H32N4O2.HI/c1-17(2,3)23-16(22)21-11-7-14(8-12-21)13-19-15(18)20-9-5-4-6-10-20;/h14H,4-13H2,1-3H3,(H2,18,19);1H. The van der Waals surface area contributed by atoms with E-state index in [0.29, 0.717) is 11.9 Å². The molecule has 7 heteroatoms. The Morgan fingerprint density at radius 1 is 1.08 bits per heavy atom. The molecule has 0 aromatic heterocycles. The number of hydrogen-bond acceptors (Lipinski definition) is 3. The lowest BCUT2D eigenvalue weighted by Gasteiger charge is -2.33. The van der Waals surface area contributed by atoms with Crippen molar-refractivity contribution in [2.75, 3.05) is 32.7 Å². The highest BCUT2D eigenvalue weighted by Crippen LogP contribution is 2.20. The Balaban J connectivity index is 0.00000288. The van der Waals surface area contributed by atoms with Crippen molar-refractivity contribution in [1.29, 1.82) is 0 Å². The number of carbonyl (C=O) groups is 1. The van der Waals surface area contributed by atoms with E-state index in [1.165, 1.54) is 19.3 Å².